The first kappa shape index (κ1) is 21.8. The van der Waals surface area contributed by atoms with Crippen LogP contribution in [0.25, 0.3) is 5.65 Å². The highest BCUT2D eigenvalue weighted by Crippen LogP contribution is 2.28. The van der Waals surface area contributed by atoms with Crippen molar-refractivity contribution in [2.24, 2.45) is 0 Å². The van der Waals surface area contributed by atoms with Gasteiger partial charge in [-0.1, -0.05) is 26.7 Å². The molecule has 3 heterocycles. The minimum Gasteiger partial charge on any atom is -0.390 e. The molecule has 0 bridgehead atoms. The molecule has 0 N–H and O–H groups in total. The molecule has 11 nitrogen and oxygen atoms in total. The second-order valence-electron chi connectivity index (χ2n) is 6.66. The molecule has 13 heteroatoms. The zero-order valence-electron chi connectivity index (χ0n) is 16.8. The molecule has 4 rings (SSSR count). The molecule has 0 saturated heterocycles. The molecule has 32 heavy (non-hydrogen) atoms. The van der Waals surface area contributed by atoms with Crippen LogP contribution in [0.1, 0.15) is 11.1 Å². The zero-order chi connectivity index (χ0) is 22.7. The first-order valence-corrected chi connectivity index (χ1v) is 11.4. The van der Waals surface area contributed by atoms with E-state index in [2.05, 4.69) is 15.1 Å². The summed E-state index contributed by atoms with van der Waals surface area (Å²) >= 11 is 3.19. The van der Waals surface area contributed by atoms with Crippen molar-refractivity contribution >= 4 is 40.9 Å². The summed E-state index contributed by atoms with van der Waals surface area (Å²) in [6, 6.07) is 9.42. The first-order valence-electron chi connectivity index (χ1n) is 9.43. The summed E-state index contributed by atoms with van der Waals surface area (Å²) in [4.78, 5) is 30.0. The zero-order valence-corrected chi connectivity index (χ0v) is 18.5. The van der Waals surface area contributed by atoms with Crippen molar-refractivity contribution in [1.29, 1.82) is 0 Å². The number of aromatic nitrogens is 5. The smallest absolute Gasteiger partial charge is 0.390 e. The van der Waals surface area contributed by atoms with Crippen LogP contribution in [0, 0.1) is 27.2 Å². The van der Waals surface area contributed by atoms with Gasteiger partial charge in [0, 0.05) is 22.5 Å². The van der Waals surface area contributed by atoms with Gasteiger partial charge in [0.1, 0.15) is 23.6 Å². The van der Waals surface area contributed by atoms with Crippen molar-refractivity contribution < 1.29 is 9.85 Å². The van der Waals surface area contributed by atoms with Gasteiger partial charge >= 0.3 is 11.8 Å². The Kier molecular flexibility index (Phi) is 6.37. The molecule has 1 aromatic carbocycles. The van der Waals surface area contributed by atoms with E-state index < -0.39 is 9.85 Å². The normalized spacial score (nSPS) is 11.2. The fraction of sp³-hybridized carbons (Fsp3) is 0.211. The Labute approximate surface area is 190 Å². The van der Waals surface area contributed by atoms with Gasteiger partial charge in [-0.05, 0) is 40.0 Å². The van der Waals surface area contributed by atoms with Gasteiger partial charge in [0.25, 0.3) is 0 Å². The molecule has 0 saturated carbocycles. The lowest BCUT2D eigenvalue weighted by molar-refractivity contribution is -0.396. The molecule has 4 aromatic rings. The van der Waals surface area contributed by atoms with Gasteiger partial charge in [-0.25, -0.2) is 9.55 Å². The van der Waals surface area contributed by atoms with Gasteiger partial charge in [-0.2, -0.15) is 0 Å². The summed E-state index contributed by atoms with van der Waals surface area (Å²) in [5.41, 5.74) is 2.49. The van der Waals surface area contributed by atoms with Gasteiger partial charge in [0.15, 0.2) is 0 Å². The van der Waals surface area contributed by atoms with Gasteiger partial charge in [0.05, 0.1) is 6.54 Å². The van der Waals surface area contributed by atoms with Crippen molar-refractivity contribution in [2.75, 3.05) is 11.5 Å². The molecule has 0 aliphatic rings. The summed E-state index contributed by atoms with van der Waals surface area (Å²) in [7, 11) is 0. The molecule has 0 aliphatic carbocycles. The molecular weight excluding hydrogens is 454 g/mol. The van der Waals surface area contributed by atoms with Gasteiger partial charge < -0.3 is 20.2 Å². The fourth-order valence-corrected chi connectivity index (χ4v) is 5.03. The van der Waals surface area contributed by atoms with Crippen LogP contribution in [-0.4, -0.2) is 45.5 Å². The third-order valence-electron chi connectivity index (χ3n) is 4.69. The van der Waals surface area contributed by atoms with Crippen molar-refractivity contribution in [3.63, 3.8) is 0 Å². The Hall–Kier alpha value is -3.45. The topological polar surface area (TPSA) is 134 Å². The number of hydrogen-bond acceptors (Lipinski definition) is 9. The second kappa shape index (κ2) is 9.36. The molecule has 0 aliphatic heterocycles. The van der Waals surface area contributed by atoms with Crippen molar-refractivity contribution in [2.45, 2.75) is 23.4 Å². The number of thioether (sulfide) groups is 2. The van der Waals surface area contributed by atoms with E-state index in [0.717, 1.165) is 27.5 Å². The Morgan fingerprint density at radius 2 is 1.84 bits per heavy atom. The summed E-state index contributed by atoms with van der Waals surface area (Å²) in [5.74, 6) is 1.21. The van der Waals surface area contributed by atoms with Gasteiger partial charge in [-0.15, -0.1) is 23.5 Å². The number of nitro groups is 2. The van der Waals surface area contributed by atoms with Crippen LogP contribution >= 0.6 is 23.5 Å². The molecule has 0 unspecified atom stereocenters. The lowest BCUT2D eigenvalue weighted by atomic mass is 10.1. The number of fused-ring (bicyclic) bond motifs is 1. The highest BCUT2D eigenvalue weighted by Gasteiger charge is 2.17. The van der Waals surface area contributed by atoms with Gasteiger partial charge in [0.2, 0.25) is 5.65 Å². The standard InChI is InChI=1S/C19H17N7O4S2/c1-13-14(12-23-8-7-20-19(23)26(29)30)3-2-4-15(13)31-9-10-32-17-6-5-16-21-11-18(25(27)28)24(16)22-17/h2-8,11H,9-10,12H2,1H3. The van der Waals surface area contributed by atoms with Crippen LogP contribution in [-0.2, 0) is 6.54 Å². The largest absolute Gasteiger partial charge is 0.434 e. The third-order valence-corrected chi connectivity index (χ3v) is 7.03. The fourth-order valence-electron chi connectivity index (χ4n) is 3.11. The molecule has 3 aromatic heterocycles. The quantitative estimate of drug-likeness (QED) is 0.154. The lowest BCUT2D eigenvalue weighted by Gasteiger charge is -2.10. The van der Waals surface area contributed by atoms with Crippen LogP contribution in [0.4, 0.5) is 11.8 Å². The van der Waals surface area contributed by atoms with Crippen LogP contribution in [0.2, 0.25) is 0 Å². The SMILES string of the molecule is Cc1c(Cn2ccnc2[N+](=O)[O-])cccc1SCCSc1ccc2ncc([N+](=O)[O-])n2n1. The average Bonchev–Trinajstić information content (AvgIpc) is 3.40. The Bertz CT molecular complexity index is 1300. The average molecular weight is 472 g/mol. The minimum atomic E-state index is -0.508. The van der Waals surface area contributed by atoms with E-state index in [0.29, 0.717) is 17.2 Å². The van der Waals surface area contributed by atoms with Crippen LogP contribution in [0.5, 0.6) is 0 Å². The predicted octanol–water partition coefficient (Wildman–Crippen LogP) is 3.98. The Balaban J connectivity index is 1.38. The third kappa shape index (κ3) is 4.57. The number of nitrogens with zero attached hydrogens (tertiary/aromatic N) is 7. The summed E-state index contributed by atoms with van der Waals surface area (Å²) in [6.07, 6.45) is 4.22. The van der Waals surface area contributed by atoms with E-state index in [4.69, 9.17) is 0 Å². The van der Waals surface area contributed by atoms with Gasteiger partial charge in [-0.3, -0.25) is 0 Å². The summed E-state index contributed by atoms with van der Waals surface area (Å²) < 4.78 is 2.75. The number of hydrogen-bond donors (Lipinski definition) is 0. The highest BCUT2D eigenvalue weighted by atomic mass is 32.2. The predicted molar refractivity (Wildman–Crippen MR) is 120 cm³/mol. The monoisotopic (exact) mass is 471 g/mol. The van der Waals surface area contributed by atoms with E-state index in [-0.39, 0.29) is 11.8 Å². The van der Waals surface area contributed by atoms with Crippen LogP contribution in [0.15, 0.2) is 58.8 Å². The Morgan fingerprint density at radius 3 is 2.62 bits per heavy atom. The van der Waals surface area contributed by atoms with Crippen LogP contribution in [0.3, 0.4) is 0 Å². The van der Waals surface area contributed by atoms with E-state index in [1.54, 1.807) is 30.1 Å². The lowest BCUT2D eigenvalue weighted by Crippen LogP contribution is -2.05. The molecule has 0 spiro atoms. The molecule has 0 amide bonds. The maximum Gasteiger partial charge on any atom is 0.434 e. The molecule has 0 atom stereocenters. The highest BCUT2D eigenvalue weighted by molar-refractivity contribution is 8.03. The second-order valence-corrected chi connectivity index (χ2v) is 8.92. The first-order chi connectivity index (χ1) is 15.4. The van der Waals surface area contributed by atoms with E-state index in [1.165, 1.54) is 33.2 Å². The molecule has 164 valence electrons. The van der Waals surface area contributed by atoms with Crippen LogP contribution < -0.4 is 0 Å². The van der Waals surface area contributed by atoms with E-state index >= 15 is 0 Å². The van der Waals surface area contributed by atoms with Crippen molar-refractivity contribution in [3.05, 3.63) is 80.3 Å². The maximum absolute atomic E-state index is 11.1. The molecular formula is C19H17N7O4S2. The molecule has 0 radical (unpaired) electrons. The molecule has 0 fully saturated rings. The van der Waals surface area contributed by atoms with Crippen molar-refractivity contribution in [3.8, 4) is 0 Å². The summed E-state index contributed by atoms with van der Waals surface area (Å²) in [5, 5.41) is 27.1. The number of benzene rings is 1. The number of rotatable bonds is 9. The van der Waals surface area contributed by atoms with E-state index in [9.17, 15) is 20.2 Å². The van der Waals surface area contributed by atoms with E-state index in [1.807, 2.05) is 25.1 Å². The Morgan fingerprint density at radius 1 is 1.03 bits per heavy atom. The maximum atomic E-state index is 11.1. The summed E-state index contributed by atoms with van der Waals surface area (Å²) in [6.45, 7) is 2.38. The number of imidazole rings is 2. The minimum absolute atomic E-state index is 0.164. The van der Waals surface area contributed by atoms with Crippen molar-refractivity contribution in [1.82, 2.24) is 24.1 Å².